The fourth-order valence-electron chi connectivity index (χ4n) is 2.68. The SMILES string of the molecule is Nc1cc(C(=O)N2CCCC2c2ccccc2Cl)[nH]n1. The van der Waals surface area contributed by atoms with Gasteiger partial charge in [-0.2, -0.15) is 5.10 Å². The number of likely N-dealkylation sites (tertiary alicyclic amines) is 1. The van der Waals surface area contributed by atoms with E-state index in [1.807, 2.05) is 29.2 Å². The maximum atomic E-state index is 12.5. The van der Waals surface area contributed by atoms with Gasteiger partial charge in [-0.3, -0.25) is 9.89 Å². The van der Waals surface area contributed by atoms with E-state index in [-0.39, 0.29) is 11.9 Å². The van der Waals surface area contributed by atoms with Crippen LogP contribution >= 0.6 is 11.6 Å². The zero-order chi connectivity index (χ0) is 14.1. The number of anilines is 1. The minimum atomic E-state index is -0.0865. The smallest absolute Gasteiger partial charge is 0.272 e. The second-order valence-electron chi connectivity index (χ2n) is 4.88. The van der Waals surface area contributed by atoms with Gasteiger partial charge in [0.05, 0.1) is 6.04 Å². The van der Waals surface area contributed by atoms with Gasteiger partial charge in [0.2, 0.25) is 0 Å². The number of aromatic amines is 1. The molecule has 1 atom stereocenters. The number of nitrogens with zero attached hydrogens (tertiary/aromatic N) is 2. The third kappa shape index (κ3) is 2.25. The van der Waals surface area contributed by atoms with Crippen LogP contribution in [0.25, 0.3) is 0 Å². The highest BCUT2D eigenvalue weighted by Gasteiger charge is 2.32. The molecule has 1 fully saturated rings. The Balaban J connectivity index is 1.90. The molecule has 0 aliphatic carbocycles. The Morgan fingerprint density at radius 3 is 2.95 bits per heavy atom. The fraction of sp³-hybridized carbons (Fsp3) is 0.286. The Bertz CT molecular complexity index is 640. The number of halogens is 1. The summed E-state index contributed by atoms with van der Waals surface area (Å²) in [6, 6.07) is 9.23. The van der Waals surface area contributed by atoms with Crippen molar-refractivity contribution in [3.8, 4) is 0 Å². The number of nitrogens with two attached hydrogens (primary N) is 1. The molecule has 0 radical (unpaired) electrons. The number of carbonyl (C=O) groups is 1. The van der Waals surface area contributed by atoms with Gasteiger partial charge in [-0.1, -0.05) is 29.8 Å². The second-order valence-corrected chi connectivity index (χ2v) is 5.29. The van der Waals surface area contributed by atoms with Gasteiger partial charge in [-0.15, -0.1) is 0 Å². The van der Waals surface area contributed by atoms with E-state index in [2.05, 4.69) is 10.2 Å². The van der Waals surface area contributed by atoms with E-state index in [0.29, 0.717) is 23.1 Å². The molecular formula is C14H15ClN4O. The highest BCUT2D eigenvalue weighted by molar-refractivity contribution is 6.31. The Morgan fingerprint density at radius 1 is 1.45 bits per heavy atom. The monoisotopic (exact) mass is 290 g/mol. The molecule has 5 nitrogen and oxygen atoms in total. The van der Waals surface area contributed by atoms with Crippen molar-refractivity contribution < 1.29 is 4.79 Å². The number of carbonyl (C=O) groups excluding carboxylic acids is 1. The first-order valence-corrected chi connectivity index (χ1v) is 6.91. The predicted octanol–water partition coefficient (Wildman–Crippen LogP) is 2.62. The minimum Gasteiger partial charge on any atom is -0.382 e. The number of benzene rings is 1. The number of nitrogens with one attached hydrogen (secondary N) is 1. The van der Waals surface area contributed by atoms with Crippen LogP contribution in [0.1, 0.15) is 34.9 Å². The summed E-state index contributed by atoms with van der Waals surface area (Å²) in [6.07, 6.45) is 1.88. The summed E-state index contributed by atoms with van der Waals surface area (Å²) < 4.78 is 0. The van der Waals surface area contributed by atoms with E-state index in [0.717, 1.165) is 18.4 Å². The summed E-state index contributed by atoms with van der Waals surface area (Å²) in [5, 5.41) is 7.17. The lowest BCUT2D eigenvalue weighted by molar-refractivity contribution is 0.0729. The summed E-state index contributed by atoms with van der Waals surface area (Å²) in [6.45, 7) is 0.716. The van der Waals surface area contributed by atoms with E-state index >= 15 is 0 Å². The molecular weight excluding hydrogens is 276 g/mol. The van der Waals surface area contributed by atoms with Crippen molar-refractivity contribution >= 4 is 23.3 Å². The first-order chi connectivity index (χ1) is 9.66. The molecule has 1 saturated heterocycles. The third-order valence-electron chi connectivity index (χ3n) is 3.61. The summed E-state index contributed by atoms with van der Waals surface area (Å²) in [5.74, 6) is 0.235. The number of H-pyrrole nitrogens is 1. The fourth-order valence-corrected chi connectivity index (χ4v) is 2.94. The van der Waals surface area contributed by atoms with Crippen molar-refractivity contribution in [2.45, 2.75) is 18.9 Å². The number of hydrogen-bond donors (Lipinski definition) is 2. The highest BCUT2D eigenvalue weighted by Crippen LogP contribution is 2.36. The van der Waals surface area contributed by atoms with Crippen molar-refractivity contribution in [1.82, 2.24) is 15.1 Å². The maximum Gasteiger partial charge on any atom is 0.272 e. The van der Waals surface area contributed by atoms with Crippen LogP contribution in [0, 0.1) is 0 Å². The van der Waals surface area contributed by atoms with Gasteiger partial charge < -0.3 is 10.6 Å². The molecule has 20 heavy (non-hydrogen) atoms. The quantitative estimate of drug-likeness (QED) is 0.893. The van der Waals surface area contributed by atoms with Gasteiger partial charge in [0.25, 0.3) is 5.91 Å². The molecule has 1 amide bonds. The normalized spacial score (nSPS) is 18.4. The molecule has 1 unspecified atom stereocenters. The van der Waals surface area contributed by atoms with E-state index in [1.165, 1.54) is 0 Å². The lowest BCUT2D eigenvalue weighted by Gasteiger charge is -2.25. The highest BCUT2D eigenvalue weighted by atomic mass is 35.5. The van der Waals surface area contributed by atoms with Crippen molar-refractivity contribution in [3.63, 3.8) is 0 Å². The molecule has 0 saturated carbocycles. The molecule has 6 heteroatoms. The second kappa shape index (κ2) is 5.17. The Morgan fingerprint density at radius 2 is 2.25 bits per heavy atom. The van der Waals surface area contributed by atoms with Gasteiger partial charge in [-0.05, 0) is 24.5 Å². The molecule has 3 rings (SSSR count). The molecule has 2 heterocycles. The first kappa shape index (κ1) is 13.0. The largest absolute Gasteiger partial charge is 0.382 e. The van der Waals surface area contributed by atoms with Crippen molar-refractivity contribution in [1.29, 1.82) is 0 Å². The Hall–Kier alpha value is -2.01. The van der Waals surface area contributed by atoms with Crippen LogP contribution in [-0.2, 0) is 0 Å². The molecule has 0 spiro atoms. The standard InChI is InChI=1S/C14H15ClN4O/c15-10-5-2-1-4-9(10)12-6-3-7-19(12)14(20)11-8-13(16)18-17-11/h1-2,4-5,8,12H,3,6-7H2,(H3,16,17,18). The van der Waals surface area contributed by atoms with Crippen LogP contribution in [-0.4, -0.2) is 27.5 Å². The summed E-state index contributed by atoms with van der Waals surface area (Å²) >= 11 is 6.25. The van der Waals surface area contributed by atoms with Gasteiger partial charge in [0.15, 0.2) is 0 Å². The van der Waals surface area contributed by atoms with E-state index in [1.54, 1.807) is 6.07 Å². The third-order valence-corrected chi connectivity index (χ3v) is 3.95. The first-order valence-electron chi connectivity index (χ1n) is 6.53. The number of hydrogen-bond acceptors (Lipinski definition) is 3. The number of amides is 1. The van der Waals surface area contributed by atoms with Crippen LogP contribution < -0.4 is 5.73 Å². The summed E-state index contributed by atoms with van der Waals surface area (Å²) in [4.78, 5) is 14.3. The minimum absolute atomic E-state index is 0.0146. The van der Waals surface area contributed by atoms with E-state index in [9.17, 15) is 4.79 Å². The number of nitrogen functional groups attached to an aromatic ring is 1. The average molecular weight is 291 g/mol. The van der Waals surface area contributed by atoms with Crippen LogP contribution in [0.15, 0.2) is 30.3 Å². The van der Waals surface area contributed by atoms with Gasteiger partial charge in [0, 0.05) is 17.6 Å². The Labute approximate surface area is 121 Å². The lowest BCUT2D eigenvalue weighted by atomic mass is 10.0. The average Bonchev–Trinajstić information content (AvgIpc) is 3.07. The molecule has 104 valence electrons. The molecule has 1 aliphatic heterocycles. The molecule has 1 aromatic carbocycles. The number of aromatic nitrogens is 2. The van der Waals surface area contributed by atoms with Crippen LogP contribution in [0.4, 0.5) is 5.82 Å². The van der Waals surface area contributed by atoms with E-state index < -0.39 is 0 Å². The van der Waals surface area contributed by atoms with Gasteiger partial charge in [-0.25, -0.2) is 0 Å². The zero-order valence-electron chi connectivity index (χ0n) is 10.8. The van der Waals surface area contributed by atoms with Crippen LogP contribution in [0.3, 0.4) is 0 Å². The Kier molecular flexibility index (Phi) is 3.36. The van der Waals surface area contributed by atoms with Gasteiger partial charge >= 0.3 is 0 Å². The van der Waals surface area contributed by atoms with Crippen molar-refractivity contribution in [2.75, 3.05) is 12.3 Å². The predicted molar refractivity (Wildman–Crippen MR) is 77.5 cm³/mol. The van der Waals surface area contributed by atoms with E-state index in [4.69, 9.17) is 17.3 Å². The van der Waals surface area contributed by atoms with Crippen molar-refractivity contribution in [3.05, 3.63) is 46.6 Å². The van der Waals surface area contributed by atoms with Crippen LogP contribution in [0.2, 0.25) is 5.02 Å². The van der Waals surface area contributed by atoms with Crippen LogP contribution in [0.5, 0.6) is 0 Å². The van der Waals surface area contributed by atoms with Gasteiger partial charge in [0.1, 0.15) is 11.5 Å². The molecule has 2 aromatic rings. The number of rotatable bonds is 2. The lowest BCUT2D eigenvalue weighted by Crippen LogP contribution is -2.31. The summed E-state index contributed by atoms with van der Waals surface area (Å²) in [5.41, 5.74) is 6.96. The molecule has 0 bridgehead atoms. The maximum absolute atomic E-state index is 12.5. The van der Waals surface area contributed by atoms with Crippen molar-refractivity contribution in [2.24, 2.45) is 0 Å². The molecule has 3 N–H and O–H groups in total. The molecule has 1 aromatic heterocycles. The molecule has 1 aliphatic rings. The topological polar surface area (TPSA) is 75.0 Å². The summed E-state index contributed by atoms with van der Waals surface area (Å²) in [7, 11) is 0. The zero-order valence-corrected chi connectivity index (χ0v) is 11.6.